The van der Waals surface area contributed by atoms with Gasteiger partial charge < -0.3 is 5.73 Å². The van der Waals surface area contributed by atoms with Gasteiger partial charge >= 0.3 is 0 Å². The first-order valence-corrected chi connectivity index (χ1v) is 7.89. The van der Waals surface area contributed by atoms with Crippen LogP contribution in [0.25, 0.3) is 0 Å². The van der Waals surface area contributed by atoms with E-state index in [1.165, 1.54) is 43.4 Å². The van der Waals surface area contributed by atoms with Crippen molar-refractivity contribution in [1.29, 1.82) is 0 Å². The molecule has 2 aromatic rings. The predicted octanol–water partition coefficient (Wildman–Crippen LogP) is 2.88. The Hall–Kier alpha value is -1.63. The molecule has 0 aliphatic rings. The molecule has 2 aromatic carbocycles. The average molecular weight is 329 g/mol. The van der Waals surface area contributed by atoms with Gasteiger partial charge in [-0.2, -0.15) is 4.31 Å². The van der Waals surface area contributed by atoms with Gasteiger partial charge in [0.1, 0.15) is 10.7 Å². The zero-order valence-corrected chi connectivity index (χ0v) is 12.8. The summed E-state index contributed by atoms with van der Waals surface area (Å²) < 4.78 is 39.1. The third-order valence-electron chi connectivity index (χ3n) is 2.98. The van der Waals surface area contributed by atoms with Gasteiger partial charge in [0.15, 0.2) is 0 Å². The zero-order valence-electron chi connectivity index (χ0n) is 11.3. The summed E-state index contributed by atoms with van der Waals surface area (Å²) in [6, 6.07) is 10.1. The van der Waals surface area contributed by atoms with Crippen LogP contribution in [-0.2, 0) is 16.6 Å². The second kappa shape index (κ2) is 6.01. The third kappa shape index (κ3) is 3.34. The van der Waals surface area contributed by atoms with Gasteiger partial charge in [0.05, 0.1) is 10.7 Å². The van der Waals surface area contributed by atoms with Crippen molar-refractivity contribution >= 4 is 27.3 Å². The Labute approximate surface area is 128 Å². The van der Waals surface area contributed by atoms with Crippen molar-refractivity contribution in [3.63, 3.8) is 0 Å². The molecule has 0 amide bonds. The van der Waals surface area contributed by atoms with Crippen LogP contribution in [0.15, 0.2) is 47.4 Å². The minimum absolute atomic E-state index is 0.0703. The first-order chi connectivity index (χ1) is 9.82. The number of halogens is 2. The Balaban J connectivity index is 2.33. The van der Waals surface area contributed by atoms with Gasteiger partial charge in [-0.05, 0) is 29.8 Å². The van der Waals surface area contributed by atoms with Crippen molar-refractivity contribution < 1.29 is 12.8 Å². The van der Waals surface area contributed by atoms with E-state index in [2.05, 4.69) is 0 Å². The van der Waals surface area contributed by atoms with Crippen LogP contribution >= 0.6 is 11.6 Å². The fraction of sp³-hybridized carbons (Fsp3) is 0.143. The summed E-state index contributed by atoms with van der Waals surface area (Å²) in [6.45, 7) is 0.0906. The molecule has 0 heterocycles. The van der Waals surface area contributed by atoms with Crippen molar-refractivity contribution in [2.24, 2.45) is 0 Å². The quantitative estimate of drug-likeness (QED) is 0.878. The largest absolute Gasteiger partial charge is 0.398 e. The number of hydrogen-bond donors (Lipinski definition) is 1. The van der Waals surface area contributed by atoms with Crippen LogP contribution in [0.2, 0.25) is 5.02 Å². The monoisotopic (exact) mass is 328 g/mol. The maximum atomic E-state index is 12.9. The van der Waals surface area contributed by atoms with Crippen molar-refractivity contribution in [3.8, 4) is 0 Å². The molecule has 0 saturated carbocycles. The van der Waals surface area contributed by atoms with E-state index < -0.39 is 10.0 Å². The lowest BCUT2D eigenvalue weighted by molar-refractivity contribution is 0.467. The Morgan fingerprint density at radius 3 is 2.38 bits per heavy atom. The van der Waals surface area contributed by atoms with E-state index in [4.69, 9.17) is 17.3 Å². The highest BCUT2D eigenvalue weighted by molar-refractivity contribution is 7.89. The Morgan fingerprint density at radius 1 is 1.19 bits per heavy atom. The summed E-state index contributed by atoms with van der Waals surface area (Å²) in [5.41, 5.74) is 6.47. The van der Waals surface area contributed by atoms with Gasteiger partial charge in [-0.3, -0.25) is 0 Å². The molecule has 0 aliphatic carbocycles. The lowest BCUT2D eigenvalue weighted by Crippen LogP contribution is -2.27. The van der Waals surface area contributed by atoms with Crippen molar-refractivity contribution in [2.45, 2.75) is 11.4 Å². The Morgan fingerprint density at radius 2 is 1.81 bits per heavy atom. The first kappa shape index (κ1) is 15.8. The molecule has 0 unspecified atom stereocenters. The summed E-state index contributed by atoms with van der Waals surface area (Å²) in [7, 11) is -2.41. The number of anilines is 1. The minimum Gasteiger partial charge on any atom is -0.398 e. The highest BCUT2D eigenvalue weighted by atomic mass is 35.5. The first-order valence-electron chi connectivity index (χ1n) is 6.07. The summed E-state index contributed by atoms with van der Waals surface area (Å²) in [5.74, 6) is -0.375. The van der Waals surface area contributed by atoms with Crippen LogP contribution in [0.1, 0.15) is 5.56 Å². The maximum Gasteiger partial charge on any atom is 0.246 e. The van der Waals surface area contributed by atoms with E-state index in [0.29, 0.717) is 5.56 Å². The molecule has 0 aliphatic heterocycles. The molecular formula is C14H14ClFN2O2S. The smallest absolute Gasteiger partial charge is 0.246 e. The van der Waals surface area contributed by atoms with Crippen LogP contribution in [0.5, 0.6) is 0 Å². The summed E-state index contributed by atoms with van der Waals surface area (Å²) >= 11 is 5.95. The molecule has 2 rings (SSSR count). The summed E-state index contributed by atoms with van der Waals surface area (Å²) in [6.07, 6.45) is 0. The van der Waals surface area contributed by atoms with Crippen LogP contribution in [-0.4, -0.2) is 19.8 Å². The lowest BCUT2D eigenvalue weighted by Gasteiger charge is -2.19. The molecule has 0 aromatic heterocycles. The molecule has 4 nitrogen and oxygen atoms in total. The van der Waals surface area contributed by atoms with Gasteiger partial charge in [-0.1, -0.05) is 29.8 Å². The van der Waals surface area contributed by atoms with E-state index in [-0.39, 0.29) is 28.0 Å². The van der Waals surface area contributed by atoms with Gasteiger partial charge in [0, 0.05) is 13.6 Å². The predicted molar refractivity (Wildman–Crippen MR) is 80.9 cm³/mol. The highest BCUT2D eigenvalue weighted by Gasteiger charge is 2.26. The van der Waals surface area contributed by atoms with Gasteiger partial charge in [0.2, 0.25) is 10.0 Å². The Kier molecular flexibility index (Phi) is 4.51. The average Bonchev–Trinajstić information content (AvgIpc) is 2.40. The molecular weight excluding hydrogens is 315 g/mol. The topological polar surface area (TPSA) is 63.4 Å². The van der Waals surface area contributed by atoms with Crippen LogP contribution in [0.4, 0.5) is 10.1 Å². The highest BCUT2D eigenvalue weighted by Crippen LogP contribution is 2.29. The lowest BCUT2D eigenvalue weighted by atomic mass is 10.2. The molecule has 0 radical (unpaired) electrons. The molecule has 0 bridgehead atoms. The molecule has 0 fully saturated rings. The van der Waals surface area contributed by atoms with Gasteiger partial charge in [-0.25, -0.2) is 12.8 Å². The van der Waals surface area contributed by atoms with Crippen molar-refractivity contribution in [2.75, 3.05) is 12.8 Å². The van der Waals surface area contributed by atoms with Crippen molar-refractivity contribution in [3.05, 3.63) is 58.9 Å². The second-order valence-electron chi connectivity index (χ2n) is 4.55. The molecule has 2 N–H and O–H groups in total. The zero-order chi connectivity index (χ0) is 15.6. The van der Waals surface area contributed by atoms with Gasteiger partial charge in [-0.15, -0.1) is 0 Å². The molecule has 0 atom stereocenters. The van der Waals surface area contributed by atoms with E-state index >= 15 is 0 Å². The number of sulfonamides is 1. The second-order valence-corrected chi connectivity index (χ2v) is 6.93. The van der Waals surface area contributed by atoms with E-state index in [0.717, 1.165) is 4.31 Å². The fourth-order valence-corrected chi connectivity index (χ4v) is 3.67. The van der Waals surface area contributed by atoms with Crippen LogP contribution in [0.3, 0.4) is 0 Å². The number of nitrogens with zero attached hydrogens (tertiary/aromatic N) is 1. The third-order valence-corrected chi connectivity index (χ3v) is 5.33. The maximum absolute atomic E-state index is 12.9. The number of rotatable bonds is 4. The summed E-state index contributed by atoms with van der Waals surface area (Å²) in [4.78, 5) is -0.115. The van der Waals surface area contributed by atoms with Gasteiger partial charge in [0.25, 0.3) is 0 Å². The SMILES string of the molecule is CN(Cc1ccc(F)cc1)S(=O)(=O)c1c(N)cccc1Cl. The number of nitrogens with two attached hydrogens (primary N) is 1. The van der Waals surface area contributed by atoms with E-state index in [9.17, 15) is 12.8 Å². The summed E-state index contributed by atoms with van der Waals surface area (Å²) in [5, 5.41) is 0.0703. The normalized spacial score (nSPS) is 11.8. The fourth-order valence-electron chi connectivity index (χ4n) is 1.89. The van der Waals surface area contributed by atoms with E-state index in [1.807, 2.05) is 0 Å². The Bertz CT molecular complexity index is 728. The molecule has 0 spiro atoms. The molecule has 0 saturated heterocycles. The minimum atomic E-state index is -3.83. The van der Waals surface area contributed by atoms with Crippen LogP contribution < -0.4 is 5.73 Å². The van der Waals surface area contributed by atoms with E-state index in [1.54, 1.807) is 6.07 Å². The van der Waals surface area contributed by atoms with Crippen LogP contribution in [0, 0.1) is 5.82 Å². The number of nitrogen functional groups attached to an aromatic ring is 1. The molecule has 21 heavy (non-hydrogen) atoms. The number of benzene rings is 2. The standard InChI is InChI=1S/C14H14ClFN2O2S/c1-18(9-10-5-7-11(16)8-6-10)21(19,20)14-12(15)3-2-4-13(14)17/h2-8H,9,17H2,1H3. The molecule has 7 heteroatoms. The number of hydrogen-bond acceptors (Lipinski definition) is 3. The van der Waals surface area contributed by atoms with Crippen molar-refractivity contribution in [1.82, 2.24) is 4.31 Å². The molecule has 112 valence electrons.